The first kappa shape index (κ1) is 22.4. The number of aryl methyl sites for hydroxylation is 1. The van der Waals surface area contributed by atoms with E-state index < -0.39 is 0 Å². The monoisotopic (exact) mass is 397 g/mol. The second kappa shape index (κ2) is 10.6. The summed E-state index contributed by atoms with van der Waals surface area (Å²) in [6, 6.07) is 13.7. The maximum atomic E-state index is 12.6. The summed E-state index contributed by atoms with van der Waals surface area (Å²) in [7, 11) is 1.54. The normalized spacial score (nSPS) is 11.8. The summed E-state index contributed by atoms with van der Waals surface area (Å²) in [4.78, 5) is 23.8. The second-order valence-electron chi connectivity index (χ2n) is 7.34. The number of methoxy groups -OCH3 is 1. The third-order valence-electron chi connectivity index (χ3n) is 4.69. The van der Waals surface area contributed by atoms with Crippen LogP contribution in [0.3, 0.4) is 0 Å². The Kier molecular flexibility index (Phi) is 8.21. The van der Waals surface area contributed by atoms with E-state index in [2.05, 4.69) is 61.0 Å². The van der Waals surface area contributed by atoms with Crippen molar-refractivity contribution in [1.82, 2.24) is 5.32 Å². The lowest BCUT2D eigenvalue weighted by Crippen LogP contribution is -2.33. The van der Waals surface area contributed by atoms with Crippen LogP contribution in [-0.4, -0.2) is 25.5 Å². The molecule has 29 heavy (non-hydrogen) atoms. The molecule has 0 spiro atoms. The number of benzene rings is 2. The number of nitrogens with one attached hydrogen (secondary N) is 3. The van der Waals surface area contributed by atoms with Gasteiger partial charge in [-0.3, -0.25) is 9.59 Å². The fourth-order valence-electron chi connectivity index (χ4n) is 3.18. The third kappa shape index (κ3) is 6.61. The number of amides is 2. The van der Waals surface area contributed by atoms with Crippen molar-refractivity contribution in [2.45, 2.75) is 40.2 Å². The van der Waals surface area contributed by atoms with E-state index in [0.717, 1.165) is 12.0 Å². The van der Waals surface area contributed by atoms with Gasteiger partial charge in [-0.15, -0.1) is 0 Å². The number of anilines is 2. The summed E-state index contributed by atoms with van der Waals surface area (Å²) in [5, 5.41) is 8.92. The van der Waals surface area contributed by atoms with Gasteiger partial charge in [0.1, 0.15) is 5.75 Å². The van der Waals surface area contributed by atoms with E-state index in [-0.39, 0.29) is 24.4 Å². The fourth-order valence-corrected chi connectivity index (χ4v) is 3.18. The minimum absolute atomic E-state index is 0.0688. The Morgan fingerprint density at radius 2 is 1.72 bits per heavy atom. The fraction of sp³-hybridized carbons (Fsp3) is 0.391. The number of carbonyl (C=O) groups is 2. The Hall–Kier alpha value is -2.86. The maximum Gasteiger partial charge on any atom is 0.238 e. The Morgan fingerprint density at radius 3 is 2.28 bits per heavy atom. The van der Waals surface area contributed by atoms with Gasteiger partial charge in [-0.25, -0.2) is 0 Å². The Labute approximate surface area is 173 Å². The molecule has 0 aliphatic rings. The van der Waals surface area contributed by atoms with Crippen LogP contribution >= 0.6 is 0 Å². The first-order valence-corrected chi connectivity index (χ1v) is 9.91. The number of hydrogen-bond donors (Lipinski definition) is 3. The van der Waals surface area contributed by atoms with Crippen molar-refractivity contribution < 1.29 is 14.3 Å². The molecule has 3 N–H and O–H groups in total. The van der Waals surface area contributed by atoms with Crippen molar-refractivity contribution in [2.75, 3.05) is 24.3 Å². The van der Waals surface area contributed by atoms with Gasteiger partial charge >= 0.3 is 0 Å². The van der Waals surface area contributed by atoms with Crippen LogP contribution < -0.4 is 20.7 Å². The lowest BCUT2D eigenvalue weighted by Gasteiger charge is -2.23. The van der Waals surface area contributed by atoms with Crippen LogP contribution in [-0.2, 0) is 16.0 Å². The van der Waals surface area contributed by atoms with Crippen LogP contribution in [0.1, 0.15) is 44.9 Å². The van der Waals surface area contributed by atoms with Crippen molar-refractivity contribution in [1.29, 1.82) is 0 Å². The number of carbonyl (C=O) groups excluding carboxylic acids is 2. The van der Waals surface area contributed by atoms with Crippen molar-refractivity contribution in [2.24, 2.45) is 5.92 Å². The molecule has 2 aromatic rings. The van der Waals surface area contributed by atoms with Gasteiger partial charge in [0.05, 0.1) is 19.3 Å². The smallest absolute Gasteiger partial charge is 0.238 e. The average molecular weight is 398 g/mol. The predicted octanol–water partition coefficient (Wildman–Crippen LogP) is 4.14. The zero-order chi connectivity index (χ0) is 21.4. The van der Waals surface area contributed by atoms with Crippen LogP contribution in [0.5, 0.6) is 5.75 Å². The van der Waals surface area contributed by atoms with Gasteiger partial charge in [0.25, 0.3) is 0 Å². The number of ether oxygens (including phenoxy) is 1. The highest BCUT2D eigenvalue weighted by Crippen LogP contribution is 2.28. The van der Waals surface area contributed by atoms with Crippen molar-refractivity contribution in [3.05, 3.63) is 53.6 Å². The molecule has 0 heterocycles. The van der Waals surface area contributed by atoms with E-state index in [4.69, 9.17) is 4.74 Å². The van der Waals surface area contributed by atoms with E-state index >= 15 is 0 Å². The molecule has 0 saturated heterocycles. The third-order valence-corrected chi connectivity index (χ3v) is 4.69. The molecule has 2 amide bonds. The first-order valence-electron chi connectivity index (χ1n) is 9.91. The van der Waals surface area contributed by atoms with Gasteiger partial charge in [-0.05, 0) is 41.7 Å². The molecular weight excluding hydrogens is 366 g/mol. The summed E-state index contributed by atoms with van der Waals surface area (Å²) in [6.45, 7) is 7.98. The van der Waals surface area contributed by atoms with Crippen molar-refractivity contribution in [3.63, 3.8) is 0 Å². The summed E-state index contributed by atoms with van der Waals surface area (Å²) in [6.07, 6.45) is 1.00. The van der Waals surface area contributed by atoms with Crippen molar-refractivity contribution >= 4 is 23.2 Å². The van der Waals surface area contributed by atoms with Gasteiger partial charge in [0.15, 0.2) is 0 Å². The standard InChI is InChI=1S/C23H31N3O3/c1-6-17-7-9-18(10-8-17)23(15(2)3)24-14-22(28)26-20-13-19(25-16(4)27)11-12-21(20)29-5/h7-13,15,23-24H,6,14H2,1-5H3,(H,25,27)(H,26,28)/t23-/m0/s1. The summed E-state index contributed by atoms with van der Waals surface area (Å²) in [5.74, 6) is 0.498. The van der Waals surface area contributed by atoms with Crippen LogP contribution in [0.4, 0.5) is 11.4 Å². The quantitative estimate of drug-likeness (QED) is 0.594. The molecule has 0 aliphatic carbocycles. The number of hydrogen-bond acceptors (Lipinski definition) is 4. The zero-order valence-corrected chi connectivity index (χ0v) is 17.8. The topological polar surface area (TPSA) is 79.5 Å². The molecule has 0 aromatic heterocycles. The Morgan fingerprint density at radius 1 is 1.03 bits per heavy atom. The van der Waals surface area contributed by atoms with Crippen LogP contribution in [0.15, 0.2) is 42.5 Å². The second-order valence-corrected chi connectivity index (χ2v) is 7.34. The van der Waals surface area contributed by atoms with Gasteiger partial charge < -0.3 is 20.7 Å². The molecule has 2 rings (SSSR count). The zero-order valence-electron chi connectivity index (χ0n) is 17.8. The summed E-state index contributed by atoms with van der Waals surface area (Å²) < 4.78 is 5.31. The predicted molar refractivity (Wildman–Crippen MR) is 117 cm³/mol. The van der Waals surface area contributed by atoms with Crippen LogP contribution in [0, 0.1) is 5.92 Å². The van der Waals surface area contributed by atoms with Gasteiger partial charge in [0, 0.05) is 18.7 Å². The van der Waals surface area contributed by atoms with Crippen LogP contribution in [0.25, 0.3) is 0 Å². The van der Waals surface area contributed by atoms with Crippen molar-refractivity contribution in [3.8, 4) is 5.75 Å². The molecule has 0 bridgehead atoms. The first-order chi connectivity index (χ1) is 13.8. The highest BCUT2D eigenvalue weighted by Gasteiger charge is 2.17. The molecule has 0 radical (unpaired) electrons. The average Bonchev–Trinajstić information content (AvgIpc) is 2.68. The van der Waals surface area contributed by atoms with Gasteiger partial charge in [-0.1, -0.05) is 45.0 Å². The maximum absolute atomic E-state index is 12.6. The highest BCUT2D eigenvalue weighted by atomic mass is 16.5. The molecule has 2 aromatic carbocycles. The van der Waals surface area contributed by atoms with E-state index in [1.165, 1.54) is 19.6 Å². The Balaban J connectivity index is 2.05. The van der Waals surface area contributed by atoms with E-state index in [1.807, 2.05) is 0 Å². The van der Waals surface area contributed by atoms with E-state index in [9.17, 15) is 9.59 Å². The molecule has 0 aliphatic heterocycles. The van der Waals surface area contributed by atoms with Crippen LogP contribution in [0.2, 0.25) is 0 Å². The minimum Gasteiger partial charge on any atom is -0.495 e. The highest BCUT2D eigenvalue weighted by molar-refractivity contribution is 5.95. The molecular formula is C23H31N3O3. The molecule has 6 nitrogen and oxygen atoms in total. The SMILES string of the molecule is CCc1ccc([C@@H](NCC(=O)Nc2cc(NC(C)=O)ccc2OC)C(C)C)cc1. The molecule has 0 unspecified atom stereocenters. The summed E-state index contributed by atoms with van der Waals surface area (Å²) >= 11 is 0. The molecule has 6 heteroatoms. The largest absolute Gasteiger partial charge is 0.495 e. The van der Waals surface area contributed by atoms with E-state index in [0.29, 0.717) is 23.0 Å². The Bertz CT molecular complexity index is 832. The molecule has 0 fully saturated rings. The lowest BCUT2D eigenvalue weighted by molar-refractivity contribution is -0.116. The summed E-state index contributed by atoms with van der Waals surface area (Å²) in [5.41, 5.74) is 3.56. The minimum atomic E-state index is -0.181. The van der Waals surface area contributed by atoms with Gasteiger partial charge in [-0.2, -0.15) is 0 Å². The van der Waals surface area contributed by atoms with Gasteiger partial charge in [0.2, 0.25) is 11.8 Å². The molecule has 0 saturated carbocycles. The number of rotatable bonds is 9. The van der Waals surface area contributed by atoms with E-state index in [1.54, 1.807) is 18.2 Å². The molecule has 156 valence electrons. The lowest BCUT2D eigenvalue weighted by atomic mass is 9.95. The molecule has 1 atom stereocenters.